The number of nitrogen functional groups attached to an aromatic ring is 1. The lowest BCUT2D eigenvalue weighted by molar-refractivity contribution is -0.384. The number of nitrogens with zero attached hydrogens (tertiary/aromatic N) is 1. The highest BCUT2D eigenvalue weighted by molar-refractivity contribution is 5.79. The molecule has 80 valence electrons. The van der Waals surface area contributed by atoms with Crippen LogP contribution in [0.3, 0.4) is 0 Å². The van der Waals surface area contributed by atoms with E-state index in [-0.39, 0.29) is 16.9 Å². The lowest BCUT2D eigenvalue weighted by atomic mass is 9.99. The van der Waals surface area contributed by atoms with Crippen LogP contribution >= 0.6 is 0 Å². The monoisotopic (exact) mass is 210 g/mol. The van der Waals surface area contributed by atoms with E-state index in [1.54, 1.807) is 0 Å². The summed E-state index contributed by atoms with van der Waals surface area (Å²) in [6.07, 6.45) is 0. The molecule has 3 N–H and O–H groups in total. The number of rotatable bonds is 3. The smallest absolute Gasteiger partial charge is 0.310 e. The Morgan fingerprint density at radius 3 is 2.67 bits per heavy atom. The minimum absolute atomic E-state index is 0.0226. The largest absolute Gasteiger partial charge is 0.481 e. The lowest BCUT2D eigenvalue weighted by Gasteiger charge is -2.08. The van der Waals surface area contributed by atoms with Gasteiger partial charge in [-0.1, -0.05) is 12.1 Å². The van der Waals surface area contributed by atoms with Crippen LogP contribution in [0, 0.1) is 10.1 Å². The number of nitrogens with two attached hydrogens (primary N) is 1. The van der Waals surface area contributed by atoms with Crippen molar-refractivity contribution in [2.75, 3.05) is 5.73 Å². The molecule has 0 radical (unpaired) electrons. The Labute approximate surface area is 85.5 Å². The first-order valence-electron chi connectivity index (χ1n) is 4.20. The summed E-state index contributed by atoms with van der Waals surface area (Å²) >= 11 is 0. The molecule has 0 aromatic heterocycles. The summed E-state index contributed by atoms with van der Waals surface area (Å²) in [4.78, 5) is 20.8. The quantitative estimate of drug-likeness (QED) is 0.445. The Kier molecular flexibility index (Phi) is 2.89. The van der Waals surface area contributed by atoms with Crippen molar-refractivity contribution in [1.82, 2.24) is 0 Å². The molecule has 1 aromatic rings. The van der Waals surface area contributed by atoms with Gasteiger partial charge in [0, 0.05) is 5.56 Å². The molecule has 0 spiro atoms. The van der Waals surface area contributed by atoms with Gasteiger partial charge in [-0.15, -0.1) is 0 Å². The molecule has 0 bridgehead atoms. The number of benzene rings is 1. The summed E-state index contributed by atoms with van der Waals surface area (Å²) in [6.45, 7) is 1.38. The molecule has 1 unspecified atom stereocenters. The maximum atomic E-state index is 10.7. The third kappa shape index (κ3) is 2.04. The van der Waals surface area contributed by atoms with E-state index in [4.69, 9.17) is 10.8 Å². The first-order chi connectivity index (χ1) is 6.95. The van der Waals surface area contributed by atoms with Gasteiger partial charge < -0.3 is 10.8 Å². The summed E-state index contributed by atoms with van der Waals surface area (Å²) in [5.74, 6) is -2.07. The number of carboxylic acid groups (broad SMARTS) is 1. The minimum Gasteiger partial charge on any atom is -0.481 e. The van der Waals surface area contributed by atoms with Crippen LogP contribution in [0.4, 0.5) is 11.4 Å². The van der Waals surface area contributed by atoms with Gasteiger partial charge >= 0.3 is 5.97 Å². The van der Waals surface area contributed by atoms with Crippen molar-refractivity contribution in [3.05, 3.63) is 33.9 Å². The van der Waals surface area contributed by atoms with E-state index in [0.717, 1.165) is 0 Å². The van der Waals surface area contributed by atoms with E-state index < -0.39 is 16.8 Å². The Balaban J connectivity index is 3.35. The molecule has 0 fully saturated rings. The topological polar surface area (TPSA) is 106 Å². The number of hydrogen-bond donors (Lipinski definition) is 2. The van der Waals surface area contributed by atoms with Crippen LogP contribution in [-0.4, -0.2) is 16.0 Å². The highest BCUT2D eigenvalue weighted by Gasteiger charge is 2.25. The second-order valence-electron chi connectivity index (χ2n) is 3.10. The zero-order chi connectivity index (χ0) is 11.6. The van der Waals surface area contributed by atoms with Gasteiger partial charge in [0.05, 0.1) is 10.8 Å². The van der Waals surface area contributed by atoms with Gasteiger partial charge in [-0.2, -0.15) is 0 Å². The average Bonchev–Trinajstić information content (AvgIpc) is 2.15. The van der Waals surface area contributed by atoms with E-state index >= 15 is 0 Å². The summed E-state index contributed by atoms with van der Waals surface area (Å²) in [5, 5.41) is 19.5. The van der Waals surface area contributed by atoms with Crippen molar-refractivity contribution in [2.45, 2.75) is 12.8 Å². The zero-order valence-electron chi connectivity index (χ0n) is 8.01. The number of nitro benzene ring substituents is 1. The first-order valence-corrected chi connectivity index (χ1v) is 4.20. The normalized spacial score (nSPS) is 12.1. The second kappa shape index (κ2) is 3.95. The molecule has 6 nitrogen and oxygen atoms in total. The predicted octanol–water partition coefficient (Wildman–Crippen LogP) is 1.37. The third-order valence-corrected chi connectivity index (χ3v) is 2.12. The van der Waals surface area contributed by atoms with Crippen LogP contribution in [0.2, 0.25) is 0 Å². The molecule has 0 heterocycles. The number of aliphatic carboxylic acids is 1. The van der Waals surface area contributed by atoms with Crippen molar-refractivity contribution in [1.29, 1.82) is 0 Å². The molecular weight excluding hydrogens is 200 g/mol. The van der Waals surface area contributed by atoms with Gasteiger partial charge in [-0.25, -0.2) is 0 Å². The van der Waals surface area contributed by atoms with Crippen molar-refractivity contribution in [3.8, 4) is 0 Å². The number of hydrogen-bond acceptors (Lipinski definition) is 4. The Morgan fingerprint density at radius 1 is 1.60 bits per heavy atom. The molecule has 0 saturated carbocycles. The maximum Gasteiger partial charge on any atom is 0.310 e. The van der Waals surface area contributed by atoms with E-state index in [1.165, 1.54) is 25.1 Å². The number of carboxylic acids is 1. The van der Waals surface area contributed by atoms with Crippen molar-refractivity contribution in [3.63, 3.8) is 0 Å². The molecule has 0 aliphatic rings. The number of nitro groups is 1. The van der Waals surface area contributed by atoms with Crippen LogP contribution in [0.5, 0.6) is 0 Å². The second-order valence-corrected chi connectivity index (χ2v) is 3.10. The van der Waals surface area contributed by atoms with Crippen molar-refractivity contribution in [2.24, 2.45) is 0 Å². The molecule has 6 heteroatoms. The summed E-state index contributed by atoms with van der Waals surface area (Å²) in [5.41, 5.74) is 5.19. The van der Waals surface area contributed by atoms with Gasteiger partial charge in [-0.3, -0.25) is 14.9 Å². The number of anilines is 1. The van der Waals surface area contributed by atoms with Gasteiger partial charge in [0.2, 0.25) is 0 Å². The van der Waals surface area contributed by atoms with Crippen LogP contribution in [0.15, 0.2) is 18.2 Å². The van der Waals surface area contributed by atoms with Gasteiger partial charge in [0.25, 0.3) is 5.69 Å². The highest BCUT2D eigenvalue weighted by atomic mass is 16.6. The minimum atomic E-state index is -1.12. The van der Waals surface area contributed by atoms with Crippen LogP contribution in [0.1, 0.15) is 18.4 Å². The fourth-order valence-electron chi connectivity index (χ4n) is 1.27. The van der Waals surface area contributed by atoms with Crippen LogP contribution in [-0.2, 0) is 4.79 Å². The fourth-order valence-corrected chi connectivity index (χ4v) is 1.27. The fraction of sp³-hybridized carbons (Fsp3) is 0.222. The summed E-state index contributed by atoms with van der Waals surface area (Å²) in [6, 6.07) is 4.26. The molecular formula is C9H10N2O4. The number of carbonyl (C=O) groups is 1. The number of para-hydroxylation sites is 1. The Morgan fingerprint density at radius 2 is 2.20 bits per heavy atom. The van der Waals surface area contributed by atoms with Gasteiger partial charge in [0.1, 0.15) is 5.69 Å². The standard InChI is InChI=1S/C9H10N2O4/c1-5(9(12)13)6-3-2-4-7(10)8(6)11(14)15/h2-5H,10H2,1H3,(H,12,13). The maximum absolute atomic E-state index is 10.7. The van der Waals surface area contributed by atoms with Crippen LogP contribution in [0.25, 0.3) is 0 Å². The third-order valence-electron chi connectivity index (χ3n) is 2.12. The molecule has 0 saturated heterocycles. The predicted molar refractivity (Wildman–Crippen MR) is 53.6 cm³/mol. The van der Waals surface area contributed by atoms with Gasteiger partial charge in [0.15, 0.2) is 0 Å². The lowest BCUT2D eigenvalue weighted by Crippen LogP contribution is -2.10. The van der Waals surface area contributed by atoms with Crippen molar-refractivity contribution < 1.29 is 14.8 Å². The zero-order valence-corrected chi connectivity index (χ0v) is 8.01. The Hall–Kier alpha value is -2.11. The SMILES string of the molecule is CC(C(=O)O)c1cccc(N)c1[N+](=O)[O-]. The van der Waals surface area contributed by atoms with E-state index in [2.05, 4.69) is 0 Å². The van der Waals surface area contributed by atoms with E-state index in [1.807, 2.05) is 0 Å². The van der Waals surface area contributed by atoms with Crippen LogP contribution < -0.4 is 5.73 Å². The Bertz CT molecular complexity index is 417. The van der Waals surface area contributed by atoms with E-state index in [9.17, 15) is 14.9 Å². The molecule has 1 atom stereocenters. The summed E-state index contributed by atoms with van der Waals surface area (Å²) in [7, 11) is 0. The molecule has 0 aliphatic heterocycles. The molecule has 0 aliphatic carbocycles. The van der Waals surface area contributed by atoms with E-state index in [0.29, 0.717) is 0 Å². The summed E-state index contributed by atoms with van der Waals surface area (Å²) < 4.78 is 0. The first kappa shape index (κ1) is 11.0. The molecule has 1 aromatic carbocycles. The molecule has 1 rings (SSSR count). The van der Waals surface area contributed by atoms with Crippen molar-refractivity contribution >= 4 is 17.3 Å². The van der Waals surface area contributed by atoms with Gasteiger partial charge in [-0.05, 0) is 13.0 Å². The molecule has 0 amide bonds. The average molecular weight is 210 g/mol. The highest BCUT2D eigenvalue weighted by Crippen LogP contribution is 2.31. The molecule has 15 heavy (non-hydrogen) atoms.